The van der Waals surface area contributed by atoms with Crippen LogP contribution in [0.15, 0.2) is 30.3 Å². The number of hydrogen-bond donors (Lipinski definition) is 0. The lowest BCUT2D eigenvalue weighted by Crippen LogP contribution is -2.52. The quantitative estimate of drug-likeness (QED) is 0.488. The summed E-state index contributed by atoms with van der Waals surface area (Å²) < 4.78 is 24.5. The average Bonchev–Trinajstić information content (AvgIpc) is 2.34. The van der Waals surface area contributed by atoms with Crippen molar-refractivity contribution in [2.45, 2.75) is 52.2 Å². The second kappa shape index (κ2) is 8.69. The Morgan fingerprint density at radius 3 is 1.91 bits per heavy atom. The maximum Gasteiger partial charge on any atom is 0.326 e. The number of rotatable bonds is 9. The van der Waals surface area contributed by atoms with E-state index in [1.165, 1.54) is 5.19 Å². The van der Waals surface area contributed by atoms with Gasteiger partial charge in [-0.15, -0.1) is 0 Å². The molecule has 0 aliphatic rings. The van der Waals surface area contributed by atoms with Crippen molar-refractivity contribution in [1.29, 1.82) is 0 Å². The zero-order valence-electron chi connectivity index (χ0n) is 14.9. The van der Waals surface area contributed by atoms with E-state index >= 15 is 0 Å². The Labute approximate surface area is 141 Å². The van der Waals surface area contributed by atoms with Crippen LogP contribution < -0.4 is 5.19 Å². The third-order valence-corrected chi connectivity index (χ3v) is 9.58. The predicted octanol–water partition coefficient (Wildman–Crippen LogP) is 1.80. The zero-order chi connectivity index (χ0) is 16.8. The average molecular weight is 375 g/mol. The van der Waals surface area contributed by atoms with Crippen molar-refractivity contribution >= 4 is 41.6 Å². The first-order chi connectivity index (χ1) is 10.1. The molecular weight excluding hydrogens is 344 g/mol. The Morgan fingerprint density at radius 2 is 1.45 bits per heavy atom. The molecule has 0 aliphatic carbocycles. The molecule has 1 aromatic carbocycles. The molecular formula is C14H30O4Si4. The van der Waals surface area contributed by atoms with Gasteiger partial charge in [-0.05, 0) is 44.5 Å². The second-order valence-corrected chi connectivity index (χ2v) is 16.4. The molecule has 0 saturated heterocycles. The maximum atomic E-state index is 6.25. The van der Waals surface area contributed by atoms with Crippen LogP contribution >= 0.6 is 0 Å². The van der Waals surface area contributed by atoms with Crippen molar-refractivity contribution in [3.8, 4) is 0 Å². The highest BCUT2D eigenvalue weighted by atomic mass is 28.4. The Morgan fingerprint density at radius 1 is 0.955 bits per heavy atom. The minimum Gasteiger partial charge on any atom is -0.437 e. The molecule has 4 nitrogen and oxygen atoms in total. The van der Waals surface area contributed by atoms with Gasteiger partial charge in [0.25, 0.3) is 5.97 Å². The molecule has 8 heteroatoms. The van der Waals surface area contributed by atoms with Gasteiger partial charge in [-0.2, -0.15) is 0 Å². The van der Waals surface area contributed by atoms with Gasteiger partial charge in [-0.1, -0.05) is 30.3 Å². The predicted molar refractivity (Wildman–Crippen MR) is 103 cm³/mol. The molecule has 0 aliphatic heterocycles. The van der Waals surface area contributed by atoms with Crippen LogP contribution in [0.3, 0.4) is 0 Å². The molecule has 0 radical (unpaired) electrons. The van der Waals surface area contributed by atoms with Gasteiger partial charge in [0.2, 0.25) is 0 Å². The van der Waals surface area contributed by atoms with Crippen molar-refractivity contribution in [2.24, 2.45) is 0 Å². The monoisotopic (exact) mass is 374 g/mol. The lowest BCUT2D eigenvalue weighted by atomic mass is 10.4. The number of benzene rings is 1. The van der Waals surface area contributed by atoms with E-state index < -0.39 is 42.4 Å². The molecule has 0 atom stereocenters. The van der Waals surface area contributed by atoms with E-state index in [9.17, 15) is 0 Å². The van der Waals surface area contributed by atoms with E-state index in [0.29, 0.717) is 0 Å². The van der Waals surface area contributed by atoms with Crippen LogP contribution in [0.2, 0.25) is 39.3 Å². The van der Waals surface area contributed by atoms with Crippen molar-refractivity contribution in [3.63, 3.8) is 0 Å². The normalized spacial score (nSPS) is 13.7. The van der Waals surface area contributed by atoms with Gasteiger partial charge >= 0.3 is 8.56 Å². The number of hydrogen-bond acceptors (Lipinski definition) is 4. The summed E-state index contributed by atoms with van der Waals surface area (Å²) in [6.07, 6.45) is 0. The Bertz CT molecular complexity index is 430. The van der Waals surface area contributed by atoms with Crippen LogP contribution in [0, 0.1) is 0 Å². The van der Waals surface area contributed by atoms with E-state index in [-0.39, 0.29) is 0 Å². The topological polar surface area (TPSA) is 36.9 Å². The van der Waals surface area contributed by atoms with Gasteiger partial charge in [0.1, 0.15) is 0 Å². The van der Waals surface area contributed by atoms with Crippen LogP contribution in [-0.2, 0) is 17.4 Å². The van der Waals surface area contributed by atoms with E-state index in [0.717, 1.165) is 0 Å². The first-order valence-corrected chi connectivity index (χ1v) is 17.5. The van der Waals surface area contributed by atoms with E-state index in [4.69, 9.17) is 17.4 Å². The van der Waals surface area contributed by atoms with Gasteiger partial charge in [0.05, 0.1) is 0 Å². The molecule has 0 fully saturated rings. The fourth-order valence-corrected chi connectivity index (χ4v) is 8.21. The summed E-state index contributed by atoms with van der Waals surface area (Å²) in [5, 5.41) is 1.28. The Balaban J connectivity index is 2.68. The highest BCUT2D eigenvalue weighted by Gasteiger charge is 2.39. The van der Waals surface area contributed by atoms with Crippen molar-refractivity contribution in [2.75, 3.05) is 0 Å². The molecule has 0 spiro atoms. The molecule has 0 aromatic heterocycles. The summed E-state index contributed by atoms with van der Waals surface area (Å²) in [4.78, 5) is 0. The highest BCUT2D eigenvalue weighted by molar-refractivity contribution is 6.72. The third kappa shape index (κ3) is 7.97. The van der Waals surface area contributed by atoms with Crippen molar-refractivity contribution in [3.05, 3.63) is 30.3 Å². The molecule has 126 valence electrons. The van der Waals surface area contributed by atoms with Crippen LogP contribution in [0.4, 0.5) is 0 Å². The minimum atomic E-state index is -2.30. The second-order valence-electron chi connectivity index (χ2n) is 6.47. The molecule has 0 unspecified atom stereocenters. The van der Waals surface area contributed by atoms with E-state index in [2.05, 4.69) is 51.4 Å². The fourth-order valence-electron chi connectivity index (χ4n) is 2.24. The molecule has 0 bridgehead atoms. The van der Waals surface area contributed by atoms with Crippen molar-refractivity contribution in [1.82, 2.24) is 0 Å². The summed E-state index contributed by atoms with van der Waals surface area (Å²) >= 11 is 0. The molecule has 22 heavy (non-hydrogen) atoms. The Kier molecular flexibility index (Phi) is 7.89. The largest absolute Gasteiger partial charge is 0.437 e. The lowest BCUT2D eigenvalue weighted by molar-refractivity contribution is -0.255. The summed E-state index contributed by atoms with van der Waals surface area (Å²) in [5.41, 5.74) is 0. The molecule has 0 heterocycles. The third-order valence-electron chi connectivity index (χ3n) is 2.76. The smallest absolute Gasteiger partial charge is 0.326 e. The maximum absolute atomic E-state index is 6.25. The molecule has 0 N–H and O–H groups in total. The molecule has 0 saturated carbocycles. The summed E-state index contributed by atoms with van der Waals surface area (Å²) in [5.74, 6) is -0.943. The Hall–Kier alpha value is -0.0725. The first-order valence-electron chi connectivity index (χ1n) is 7.85. The minimum absolute atomic E-state index is 0.790. The molecule has 1 aromatic rings. The van der Waals surface area contributed by atoms with Gasteiger partial charge in [-0.3, -0.25) is 0 Å². The van der Waals surface area contributed by atoms with E-state index in [1.807, 2.05) is 25.1 Å². The van der Waals surface area contributed by atoms with Crippen LogP contribution in [-0.4, -0.2) is 42.4 Å². The molecule has 0 amide bonds. The summed E-state index contributed by atoms with van der Waals surface area (Å²) in [6, 6.07) is 10.4. The van der Waals surface area contributed by atoms with E-state index in [1.54, 1.807) is 0 Å². The summed E-state index contributed by atoms with van der Waals surface area (Å²) in [7, 11) is -5.64. The van der Waals surface area contributed by atoms with Gasteiger partial charge in [-0.25, -0.2) is 0 Å². The van der Waals surface area contributed by atoms with Gasteiger partial charge in [0.15, 0.2) is 27.8 Å². The van der Waals surface area contributed by atoms with Crippen molar-refractivity contribution < 1.29 is 17.4 Å². The zero-order valence-corrected chi connectivity index (χ0v) is 19.6. The van der Waals surface area contributed by atoms with Crippen LogP contribution in [0.25, 0.3) is 0 Å². The standard InChI is InChI=1S/C14H30O4Si4/c1-14(15-20(2)3,16-21(4)5)17-22(6,7)18-19-13-11-9-8-10-12-13/h8-12,20-21H,19H2,1-7H3. The van der Waals surface area contributed by atoms with Crippen LogP contribution in [0.5, 0.6) is 0 Å². The SMILES string of the molecule is C[SiH](C)OC(C)(O[SiH](C)C)O[Si](C)(C)O[SiH2]c1ccccc1. The van der Waals surface area contributed by atoms with Crippen LogP contribution in [0.1, 0.15) is 6.92 Å². The van der Waals surface area contributed by atoms with Gasteiger partial charge < -0.3 is 17.4 Å². The first kappa shape index (κ1) is 20.0. The lowest BCUT2D eigenvalue weighted by Gasteiger charge is -2.39. The highest BCUT2D eigenvalue weighted by Crippen LogP contribution is 2.23. The van der Waals surface area contributed by atoms with Gasteiger partial charge in [0, 0.05) is 6.92 Å². The fraction of sp³-hybridized carbons (Fsp3) is 0.571. The summed E-state index contributed by atoms with van der Waals surface area (Å²) in [6.45, 7) is 14.5. The molecule has 1 rings (SSSR count).